The molecule has 1 aliphatic carbocycles. The first-order valence-corrected chi connectivity index (χ1v) is 4.66. The predicted molar refractivity (Wildman–Crippen MR) is 46.9 cm³/mol. The van der Waals surface area contributed by atoms with Crippen molar-refractivity contribution in [3.63, 3.8) is 0 Å². The van der Waals surface area contributed by atoms with E-state index in [0.29, 0.717) is 6.04 Å². The maximum Gasteiger partial charge on any atom is 0.0888 e. The third-order valence-corrected chi connectivity index (χ3v) is 2.74. The van der Waals surface area contributed by atoms with Crippen LogP contribution in [0.25, 0.3) is 0 Å². The van der Waals surface area contributed by atoms with E-state index < -0.39 is 0 Å². The molecule has 0 bridgehead atoms. The van der Waals surface area contributed by atoms with E-state index in [1.807, 2.05) is 12.1 Å². The predicted octanol–water partition coefficient (Wildman–Crippen LogP) is 1.81. The highest BCUT2D eigenvalue weighted by atomic mass is 32.1. The van der Waals surface area contributed by atoms with E-state index in [1.54, 1.807) is 11.3 Å². The van der Waals surface area contributed by atoms with Crippen LogP contribution in [0.1, 0.15) is 17.7 Å². The van der Waals surface area contributed by atoms with Gasteiger partial charge in [-0.15, -0.1) is 11.3 Å². The monoisotopic (exact) mass is 169 g/mol. The molecule has 1 aromatic heterocycles. The van der Waals surface area contributed by atoms with Gasteiger partial charge in [0.15, 0.2) is 0 Å². The van der Waals surface area contributed by atoms with E-state index in [1.165, 1.54) is 17.8 Å². The van der Waals surface area contributed by atoms with Gasteiger partial charge in [0.05, 0.1) is 11.6 Å². The molecule has 0 radical (unpaired) electrons. The van der Waals surface area contributed by atoms with Crippen LogP contribution < -0.4 is 5.32 Å². The molecular weight excluding hydrogens is 158 g/mol. The van der Waals surface area contributed by atoms with E-state index in [2.05, 4.69) is 5.32 Å². The van der Waals surface area contributed by atoms with Gasteiger partial charge in [-0.3, -0.25) is 0 Å². The van der Waals surface area contributed by atoms with Gasteiger partial charge in [-0.05, 0) is 25.0 Å². The van der Waals surface area contributed by atoms with E-state index in [0.717, 1.165) is 4.88 Å². The molecule has 0 aliphatic heterocycles. The number of aliphatic hydroxyl groups is 1. The molecule has 60 valence electrons. The second-order valence-electron chi connectivity index (χ2n) is 2.84. The number of thiophene rings is 1. The topological polar surface area (TPSA) is 32.3 Å². The number of aliphatic hydroxyl groups excluding tert-OH is 1. The molecule has 1 aliphatic rings. The first kappa shape index (κ1) is 7.13. The van der Waals surface area contributed by atoms with Crippen molar-refractivity contribution >= 4 is 16.3 Å². The second kappa shape index (κ2) is 2.83. The van der Waals surface area contributed by atoms with Crippen LogP contribution in [0.3, 0.4) is 0 Å². The molecule has 0 saturated heterocycles. The van der Waals surface area contributed by atoms with Crippen molar-refractivity contribution in [2.24, 2.45) is 0 Å². The van der Waals surface area contributed by atoms with Gasteiger partial charge in [-0.2, -0.15) is 0 Å². The van der Waals surface area contributed by atoms with Crippen molar-refractivity contribution in [3.8, 4) is 0 Å². The lowest BCUT2D eigenvalue weighted by Crippen LogP contribution is -1.97. The fourth-order valence-corrected chi connectivity index (χ4v) is 1.81. The Morgan fingerprint density at radius 3 is 2.91 bits per heavy atom. The Morgan fingerprint density at radius 2 is 2.36 bits per heavy atom. The molecule has 1 fully saturated rings. The fourth-order valence-electron chi connectivity index (χ4n) is 0.969. The first-order valence-electron chi connectivity index (χ1n) is 3.84. The number of rotatable bonds is 3. The van der Waals surface area contributed by atoms with Crippen molar-refractivity contribution in [1.29, 1.82) is 0 Å². The number of nitrogens with one attached hydrogen (secondary N) is 1. The number of hydrogen-bond acceptors (Lipinski definition) is 3. The summed E-state index contributed by atoms with van der Waals surface area (Å²) in [6, 6.07) is 4.71. The Labute approximate surface area is 69.9 Å². The number of hydrogen-bond donors (Lipinski definition) is 2. The molecular formula is C8H11NOS. The average Bonchev–Trinajstić information content (AvgIpc) is 2.68. The summed E-state index contributed by atoms with van der Waals surface area (Å²) in [6.45, 7) is 0.164. The summed E-state index contributed by atoms with van der Waals surface area (Å²) >= 11 is 1.64. The SMILES string of the molecule is OCc1ccc(NC2CC2)s1. The van der Waals surface area contributed by atoms with E-state index in [9.17, 15) is 0 Å². The summed E-state index contributed by atoms with van der Waals surface area (Å²) in [6.07, 6.45) is 2.60. The Balaban J connectivity index is 1.99. The minimum absolute atomic E-state index is 0.164. The lowest BCUT2D eigenvalue weighted by molar-refractivity contribution is 0.285. The molecule has 3 heteroatoms. The smallest absolute Gasteiger partial charge is 0.0888 e. The van der Waals surface area contributed by atoms with Gasteiger partial charge in [0, 0.05) is 10.9 Å². The zero-order valence-corrected chi connectivity index (χ0v) is 7.03. The molecule has 11 heavy (non-hydrogen) atoms. The summed E-state index contributed by atoms with van der Waals surface area (Å²) in [5, 5.41) is 13.4. The highest BCUT2D eigenvalue weighted by Gasteiger charge is 2.21. The van der Waals surface area contributed by atoms with Gasteiger partial charge in [0.25, 0.3) is 0 Å². The minimum Gasteiger partial charge on any atom is -0.391 e. The van der Waals surface area contributed by atoms with Crippen molar-refractivity contribution < 1.29 is 5.11 Å². The molecule has 0 spiro atoms. The van der Waals surface area contributed by atoms with Gasteiger partial charge in [-0.25, -0.2) is 0 Å². The van der Waals surface area contributed by atoms with Crippen molar-refractivity contribution in [2.45, 2.75) is 25.5 Å². The maximum atomic E-state index is 8.78. The third-order valence-electron chi connectivity index (χ3n) is 1.74. The van der Waals surface area contributed by atoms with Gasteiger partial charge >= 0.3 is 0 Å². The molecule has 0 atom stereocenters. The van der Waals surface area contributed by atoms with Gasteiger partial charge in [0.2, 0.25) is 0 Å². The summed E-state index contributed by atoms with van der Waals surface area (Å²) in [5.41, 5.74) is 0. The van der Waals surface area contributed by atoms with Gasteiger partial charge in [0.1, 0.15) is 0 Å². The van der Waals surface area contributed by atoms with Gasteiger partial charge < -0.3 is 10.4 Å². The summed E-state index contributed by atoms with van der Waals surface area (Å²) in [5.74, 6) is 0. The lowest BCUT2D eigenvalue weighted by atomic mass is 10.5. The fraction of sp³-hybridized carbons (Fsp3) is 0.500. The van der Waals surface area contributed by atoms with Crippen LogP contribution in [0, 0.1) is 0 Å². The molecule has 0 unspecified atom stereocenters. The van der Waals surface area contributed by atoms with Crippen LogP contribution in [-0.4, -0.2) is 11.1 Å². The van der Waals surface area contributed by atoms with Crippen LogP contribution in [0.4, 0.5) is 5.00 Å². The Morgan fingerprint density at radius 1 is 1.55 bits per heavy atom. The van der Waals surface area contributed by atoms with Crippen LogP contribution in [0.15, 0.2) is 12.1 Å². The van der Waals surface area contributed by atoms with Crippen molar-refractivity contribution in [2.75, 3.05) is 5.32 Å². The zero-order valence-electron chi connectivity index (χ0n) is 6.21. The molecule has 1 saturated carbocycles. The van der Waals surface area contributed by atoms with E-state index >= 15 is 0 Å². The molecule has 0 aromatic carbocycles. The normalized spacial score (nSPS) is 16.8. The molecule has 2 rings (SSSR count). The highest BCUT2D eigenvalue weighted by molar-refractivity contribution is 7.16. The van der Waals surface area contributed by atoms with Crippen LogP contribution in [0.2, 0.25) is 0 Å². The standard InChI is InChI=1S/C8H11NOS/c10-5-7-3-4-8(11-7)9-6-1-2-6/h3-4,6,9-10H,1-2,5H2. The lowest BCUT2D eigenvalue weighted by Gasteiger charge is -1.96. The Bertz CT molecular complexity index is 242. The van der Waals surface area contributed by atoms with E-state index in [-0.39, 0.29) is 6.61 Å². The van der Waals surface area contributed by atoms with Crippen molar-refractivity contribution in [1.82, 2.24) is 0 Å². The van der Waals surface area contributed by atoms with Crippen LogP contribution in [0.5, 0.6) is 0 Å². The Kier molecular flexibility index (Phi) is 1.84. The van der Waals surface area contributed by atoms with Crippen LogP contribution >= 0.6 is 11.3 Å². The average molecular weight is 169 g/mol. The first-order chi connectivity index (χ1) is 5.38. The van der Waals surface area contributed by atoms with Crippen LogP contribution in [-0.2, 0) is 6.61 Å². The molecule has 1 aromatic rings. The maximum absolute atomic E-state index is 8.78. The Hall–Kier alpha value is -0.540. The van der Waals surface area contributed by atoms with Gasteiger partial charge in [-0.1, -0.05) is 0 Å². The quantitative estimate of drug-likeness (QED) is 0.723. The third kappa shape index (κ3) is 1.73. The highest BCUT2D eigenvalue weighted by Crippen LogP contribution is 2.29. The van der Waals surface area contributed by atoms with E-state index in [4.69, 9.17) is 5.11 Å². The molecule has 2 N–H and O–H groups in total. The van der Waals surface area contributed by atoms with Crippen molar-refractivity contribution in [3.05, 3.63) is 17.0 Å². The second-order valence-corrected chi connectivity index (χ2v) is 4.01. The molecule has 1 heterocycles. The number of anilines is 1. The molecule has 0 amide bonds. The largest absolute Gasteiger partial charge is 0.391 e. The summed E-state index contributed by atoms with van der Waals surface area (Å²) < 4.78 is 0. The minimum atomic E-state index is 0.164. The summed E-state index contributed by atoms with van der Waals surface area (Å²) in [7, 11) is 0. The summed E-state index contributed by atoms with van der Waals surface area (Å²) in [4.78, 5) is 1.04. The molecule has 2 nitrogen and oxygen atoms in total. The zero-order chi connectivity index (χ0) is 7.68.